The monoisotopic (exact) mass is 292 g/mol. The van der Waals surface area contributed by atoms with E-state index in [0.29, 0.717) is 10.6 Å². The van der Waals surface area contributed by atoms with Gasteiger partial charge in [0.2, 0.25) is 0 Å². The van der Waals surface area contributed by atoms with E-state index < -0.39 is 0 Å². The van der Waals surface area contributed by atoms with Crippen LogP contribution >= 0.6 is 11.3 Å². The zero-order valence-electron chi connectivity index (χ0n) is 11.4. The largest absolute Gasteiger partial charge is 0.317 e. The number of nitrogens with one attached hydrogen (secondary N) is 1. The minimum absolute atomic E-state index is 0.0741. The maximum absolute atomic E-state index is 11.1. The average Bonchev–Trinajstić information content (AvgIpc) is 2.87. The van der Waals surface area contributed by atoms with Crippen molar-refractivity contribution in [3.05, 3.63) is 38.9 Å². The molecule has 7 heteroatoms. The highest BCUT2D eigenvalue weighted by Gasteiger charge is 2.18. The summed E-state index contributed by atoms with van der Waals surface area (Å²) in [5.74, 6) is 0. The predicted octanol–water partition coefficient (Wildman–Crippen LogP) is 2.57. The zero-order valence-corrected chi connectivity index (χ0v) is 12.2. The highest BCUT2D eigenvalue weighted by Crippen LogP contribution is 2.32. The molecule has 1 N–H and O–H groups in total. The van der Waals surface area contributed by atoms with E-state index in [1.165, 1.54) is 17.4 Å². The van der Waals surface area contributed by atoms with E-state index in [9.17, 15) is 10.1 Å². The molecule has 106 valence electrons. The van der Waals surface area contributed by atoms with Gasteiger partial charge in [-0.1, -0.05) is 24.3 Å². The molecular weight excluding hydrogens is 276 g/mol. The average molecular weight is 292 g/mol. The lowest BCUT2D eigenvalue weighted by atomic mass is 10.1. The van der Waals surface area contributed by atoms with Gasteiger partial charge in [-0.2, -0.15) is 0 Å². The van der Waals surface area contributed by atoms with Crippen LogP contribution in [-0.2, 0) is 6.42 Å². The van der Waals surface area contributed by atoms with E-state index in [0.717, 1.165) is 30.1 Å². The molecule has 6 nitrogen and oxygen atoms in total. The van der Waals surface area contributed by atoms with Crippen LogP contribution in [0.3, 0.4) is 0 Å². The van der Waals surface area contributed by atoms with Crippen molar-refractivity contribution in [1.82, 2.24) is 15.5 Å². The van der Waals surface area contributed by atoms with Gasteiger partial charge in [0.05, 0.1) is 10.5 Å². The topological polar surface area (TPSA) is 81.0 Å². The normalized spacial score (nSPS) is 10.7. The highest BCUT2D eigenvalue weighted by molar-refractivity contribution is 7.14. The number of likely N-dealkylation sites (N-methyl/N-ethyl adjacent to an activating group) is 1. The molecule has 2 rings (SSSR count). The van der Waals surface area contributed by atoms with E-state index in [2.05, 4.69) is 15.5 Å². The Morgan fingerprint density at radius 3 is 2.90 bits per heavy atom. The maximum atomic E-state index is 11.1. The minimum atomic E-state index is -0.380. The van der Waals surface area contributed by atoms with Gasteiger partial charge in [-0.25, -0.2) is 0 Å². The summed E-state index contributed by atoms with van der Waals surface area (Å²) in [4.78, 5) is 10.7. The van der Waals surface area contributed by atoms with Crippen LogP contribution in [-0.4, -0.2) is 28.2 Å². The van der Waals surface area contributed by atoms with Gasteiger partial charge in [0.15, 0.2) is 5.01 Å². The maximum Gasteiger partial charge on any atom is 0.279 e. The fraction of sp³-hybridized carbons (Fsp3) is 0.385. The van der Waals surface area contributed by atoms with Crippen molar-refractivity contribution in [2.75, 3.05) is 13.1 Å². The van der Waals surface area contributed by atoms with Crippen LogP contribution < -0.4 is 5.32 Å². The van der Waals surface area contributed by atoms with Crippen molar-refractivity contribution in [2.24, 2.45) is 0 Å². The summed E-state index contributed by atoms with van der Waals surface area (Å²) < 4.78 is 0. The molecule has 0 aliphatic heterocycles. The molecule has 0 atom stereocenters. The Bertz CT molecular complexity index is 612. The quantitative estimate of drug-likeness (QED) is 0.503. The molecule has 0 spiro atoms. The number of nitro groups is 1. The number of hydrogen-bond donors (Lipinski definition) is 1. The fourth-order valence-corrected chi connectivity index (χ4v) is 2.68. The summed E-state index contributed by atoms with van der Waals surface area (Å²) in [6.45, 7) is 5.69. The van der Waals surface area contributed by atoms with E-state index >= 15 is 0 Å². The van der Waals surface area contributed by atoms with Gasteiger partial charge < -0.3 is 5.32 Å². The SMILES string of the molecule is CCNCCc1nnc(-c2cc(C)ccc2[N+](=O)[O-])s1. The summed E-state index contributed by atoms with van der Waals surface area (Å²) in [6, 6.07) is 5.03. The van der Waals surface area contributed by atoms with Crippen molar-refractivity contribution in [1.29, 1.82) is 0 Å². The van der Waals surface area contributed by atoms with Crippen molar-refractivity contribution >= 4 is 17.0 Å². The molecule has 2 aromatic rings. The number of nitrogens with zero attached hydrogens (tertiary/aromatic N) is 3. The molecule has 0 aliphatic rings. The molecular formula is C13H16N4O2S. The second-order valence-corrected chi connectivity index (χ2v) is 5.44. The molecule has 0 saturated carbocycles. The first-order valence-corrected chi connectivity index (χ1v) is 7.22. The van der Waals surface area contributed by atoms with E-state index in [-0.39, 0.29) is 10.6 Å². The van der Waals surface area contributed by atoms with Crippen LogP contribution in [0.25, 0.3) is 10.6 Å². The van der Waals surface area contributed by atoms with Crippen LogP contribution in [0.15, 0.2) is 18.2 Å². The molecule has 0 fully saturated rings. The Kier molecular flexibility index (Phi) is 4.75. The summed E-state index contributed by atoms with van der Waals surface area (Å²) >= 11 is 1.41. The van der Waals surface area contributed by atoms with Gasteiger partial charge in [-0.15, -0.1) is 10.2 Å². The fourth-order valence-electron chi connectivity index (χ4n) is 1.82. The van der Waals surface area contributed by atoms with Gasteiger partial charge in [0.1, 0.15) is 5.01 Å². The summed E-state index contributed by atoms with van der Waals surface area (Å²) in [6.07, 6.45) is 0.783. The Balaban J connectivity index is 2.27. The van der Waals surface area contributed by atoms with Crippen LogP contribution in [0.1, 0.15) is 17.5 Å². The number of aryl methyl sites for hydroxylation is 1. The first kappa shape index (κ1) is 14.5. The third-order valence-electron chi connectivity index (χ3n) is 2.81. The molecule has 0 radical (unpaired) electrons. The van der Waals surface area contributed by atoms with Gasteiger partial charge in [0.25, 0.3) is 5.69 Å². The van der Waals surface area contributed by atoms with Crippen molar-refractivity contribution < 1.29 is 4.92 Å². The van der Waals surface area contributed by atoms with Gasteiger partial charge in [0, 0.05) is 19.0 Å². The zero-order chi connectivity index (χ0) is 14.5. The predicted molar refractivity (Wildman–Crippen MR) is 79.0 cm³/mol. The number of benzene rings is 1. The Hall–Kier alpha value is -1.86. The van der Waals surface area contributed by atoms with Gasteiger partial charge in [-0.3, -0.25) is 10.1 Å². The first-order valence-electron chi connectivity index (χ1n) is 6.40. The van der Waals surface area contributed by atoms with Crippen molar-refractivity contribution in [2.45, 2.75) is 20.3 Å². The lowest BCUT2D eigenvalue weighted by Crippen LogP contribution is -2.15. The van der Waals surface area contributed by atoms with Crippen LogP contribution in [0, 0.1) is 17.0 Å². The van der Waals surface area contributed by atoms with Crippen LogP contribution in [0.5, 0.6) is 0 Å². The molecule has 0 aliphatic carbocycles. The lowest BCUT2D eigenvalue weighted by molar-refractivity contribution is -0.384. The number of aromatic nitrogens is 2. The van der Waals surface area contributed by atoms with E-state index in [1.807, 2.05) is 13.8 Å². The number of rotatable bonds is 6. The lowest BCUT2D eigenvalue weighted by Gasteiger charge is -2.00. The molecule has 0 unspecified atom stereocenters. The van der Waals surface area contributed by atoms with Crippen molar-refractivity contribution in [3.8, 4) is 10.6 Å². The standard InChI is InChI=1S/C13H16N4O2S/c1-3-14-7-6-12-15-16-13(20-12)10-8-9(2)4-5-11(10)17(18)19/h4-5,8,14H,3,6-7H2,1-2H3. The summed E-state index contributed by atoms with van der Waals surface area (Å²) in [5.41, 5.74) is 1.59. The number of hydrogen-bond acceptors (Lipinski definition) is 6. The highest BCUT2D eigenvalue weighted by atomic mass is 32.1. The Morgan fingerprint density at radius 2 is 2.20 bits per heavy atom. The first-order chi connectivity index (χ1) is 9.61. The molecule has 20 heavy (non-hydrogen) atoms. The third kappa shape index (κ3) is 3.37. The molecule has 1 aromatic carbocycles. The second-order valence-electron chi connectivity index (χ2n) is 4.38. The third-order valence-corrected chi connectivity index (χ3v) is 3.83. The van der Waals surface area contributed by atoms with Crippen LogP contribution in [0.4, 0.5) is 5.69 Å². The molecule has 0 bridgehead atoms. The molecule has 0 saturated heterocycles. The molecule has 0 amide bonds. The summed E-state index contributed by atoms with van der Waals surface area (Å²) in [5, 5.41) is 24.0. The van der Waals surface area contributed by atoms with Crippen molar-refractivity contribution in [3.63, 3.8) is 0 Å². The second kappa shape index (κ2) is 6.53. The van der Waals surface area contributed by atoms with E-state index in [1.54, 1.807) is 12.1 Å². The van der Waals surface area contributed by atoms with Gasteiger partial charge >= 0.3 is 0 Å². The Labute approximate surface area is 121 Å². The van der Waals surface area contributed by atoms with E-state index in [4.69, 9.17) is 0 Å². The van der Waals surface area contributed by atoms with Crippen LogP contribution in [0.2, 0.25) is 0 Å². The summed E-state index contributed by atoms with van der Waals surface area (Å²) in [7, 11) is 0. The minimum Gasteiger partial charge on any atom is -0.317 e. The number of nitro benzene ring substituents is 1. The molecule has 1 heterocycles. The Morgan fingerprint density at radius 1 is 1.40 bits per heavy atom. The smallest absolute Gasteiger partial charge is 0.279 e. The molecule has 1 aromatic heterocycles. The van der Waals surface area contributed by atoms with Gasteiger partial charge in [-0.05, 0) is 25.1 Å².